The number of carbonyl (C=O) groups excluding carboxylic acids is 1. The van der Waals surface area contributed by atoms with Crippen molar-refractivity contribution in [1.82, 2.24) is 15.2 Å². The zero-order valence-corrected chi connectivity index (χ0v) is 20.2. The lowest BCUT2D eigenvalue weighted by Gasteiger charge is -2.33. The molecule has 0 radical (unpaired) electrons. The molecule has 1 aliphatic rings. The molecule has 1 aliphatic heterocycles. The Morgan fingerprint density at radius 1 is 1.25 bits per heavy atom. The Labute approximate surface area is 198 Å². The molecule has 0 aliphatic carbocycles. The van der Waals surface area contributed by atoms with Gasteiger partial charge in [-0.3, -0.25) is 4.79 Å². The number of benzene rings is 2. The number of likely N-dealkylation sites (tertiary alicyclic amines) is 1. The summed E-state index contributed by atoms with van der Waals surface area (Å²) in [6.07, 6.45) is 4.83. The predicted molar refractivity (Wildman–Crippen MR) is 132 cm³/mol. The van der Waals surface area contributed by atoms with Gasteiger partial charge in [-0.05, 0) is 69.1 Å². The maximum Gasteiger partial charge on any atom is 0.268 e. The van der Waals surface area contributed by atoms with Crippen LogP contribution in [0.2, 0.25) is 5.02 Å². The SMILES string of the molecule is COc1ccc2c(Sc3ccc(Cl)cc3)c(C(=O)NCCCN3CCCC[C@@H]3C)[nH]c2c1. The van der Waals surface area contributed by atoms with Gasteiger partial charge in [0, 0.05) is 40.5 Å². The summed E-state index contributed by atoms with van der Waals surface area (Å²) < 4.78 is 5.36. The fourth-order valence-corrected chi connectivity index (χ4v) is 5.39. The molecule has 7 heteroatoms. The van der Waals surface area contributed by atoms with Crippen LogP contribution in [0.4, 0.5) is 0 Å². The van der Waals surface area contributed by atoms with E-state index in [9.17, 15) is 4.79 Å². The molecule has 1 atom stereocenters. The Morgan fingerprint density at radius 3 is 2.81 bits per heavy atom. The monoisotopic (exact) mass is 471 g/mol. The van der Waals surface area contributed by atoms with Crippen LogP contribution in [0.1, 0.15) is 43.1 Å². The quantitative estimate of drug-likeness (QED) is 0.397. The van der Waals surface area contributed by atoms with Gasteiger partial charge in [-0.2, -0.15) is 0 Å². The van der Waals surface area contributed by atoms with Crippen LogP contribution in [0.15, 0.2) is 52.3 Å². The van der Waals surface area contributed by atoms with Crippen molar-refractivity contribution in [3.8, 4) is 5.75 Å². The number of methoxy groups -OCH3 is 1. The Bertz CT molecular complexity index is 1070. The number of rotatable bonds is 8. The fraction of sp³-hybridized carbons (Fsp3) is 0.400. The smallest absolute Gasteiger partial charge is 0.268 e. The zero-order chi connectivity index (χ0) is 22.5. The molecule has 1 fully saturated rings. The van der Waals surface area contributed by atoms with Crippen molar-refractivity contribution in [2.75, 3.05) is 26.7 Å². The maximum atomic E-state index is 13.1. The molecule has 2 heterocycles. The minimum Gasteiger partial charge on any atom is -0.497 e. The van der Waals surface area contributed by atoms with E-state index in [1.807, 2.05) is 42.5 Å². The minimum absolute atomic E-state index is 0.0803. The van der Waals surface area contributed by atoms with Gasteiger partial charge in [0.1, 0.15) is 11.4 Å². The molecular formula is C25H30ClN3O2S. The summed E-state index contributed by atoms with van der Waals surface area (Å²) in [5.74, 6) is 0.674. The van der Waals surface area contributed by atoms with Crippen LogP contribution in [0, 0.1) is 0 Å². The molecule has 4 rings (SSSR count). The van der Waals surface area contributed by atoms with Crippen molar-refractivity contribution in [1.29, 1.82) is 0 Å². The lowest BCUT2D eigenvalue weighted by Crippen LogP contribution is -2.39. The first-order valence-electron chi connectivity index (χ1n) is 11.2. The Morgan fingerprint density at radius 2 is 2.06 bits per heavy atom. The van der Waals surface area contributed by atoms with E-state index >= 15 is 0 Å². The van der Waals surface area contributed by atoms with Gasteiger partial charge < -0.3 is 19.9 Å². The molecule has 170 valence electrons. The highest BCUT2D eigenvalue weighted by atomic mass is 35.5. The molecule has 0 bridgehead atoms. The number of aromatic nitrogens is 1. The summed E-state index contributed by atoms with van der Waals surface area (Å²) in [6.45, 7) is 5.15. The number of halogens is 1. The Balaban J connectivity index is 1.49. The van der Waals surface area contributed by atoms with Crippen molar-refractivity contribution in [2.45, 2.75) is 48.4 Å². The van der Waals surface area contributed by atoms with Crippen LogP contribution >= 0.6 is 23.4 Å². The number of amides is 1. The predicted octanol–water partition coefficient (Wildman–Crippen LogP) is 5.98. The van der Waals surface area contributed by atoms with Gasteiger partial charge in [0.25, 0.3) is 5.91 Å². The van der Waals surface area contributed by atoms with Crippen LogP contribution in [-0.4, -0.2) is 48.6 Å². The van der Waals surface area contributed by atoms with Gasteiger partial charge in [0.2, 0.25) is 0 Å². The molecule has 5 nitrogen and oxygen atoms in total. The number of carbonyl (C=O) groups is 1. The first-order valence-corrected chi connectivity index (χ1v) is 12.4. The Hall–Kier alpha value is -2.15. The van der Waals surface area contributed by atoms with E-state index in [4.69, 9.17) is 16.3 Å². The summed E-state index contributed by atoms with van der Waals surface area (Å²) >= 11 is 7.61. The molecule has 2 N–H and O–H groups in total. The van der Waals surface area contributed by atoms with Crippen molar-refractivity contribution >= 4 is 40.2 Å². The van der Waals surface area contributed by atoms with E-state index in [2.05, 4.69) is 22.1 Å². The number of piperidine rings is 1. The maximum absolute atomic E-state index is 13.1. The summed E-state index contributed by atoms with van der Waals surface area (Å²) in [5.41, 5.74) is 1.47. The highest BCUT2D eigenvalue weighted by Gasteiger charge is 2.20. The first-order chi connectivity index (χ1) is 15.5. The molecule has 1 amide bonds. The van der Waals surface area contributed by atoms with Gasteiger partial charge in [-0.25, -0.2) is 0 Å². The third kappa shape index (κ3) is 5.42. The number of aromatic amines is 1. The number of hydrogen-bond donors (Lipinski definition) is 2. The van der Waals surface area contributed by atoms with Crippen molar-refractivity contribution in [3.05, 3.63) is 53.2 Å². The molecule has 2 aromatic carbocycles. The van der Waals surface area contributed by atoms with Gasteiger partial charge in [0.15, 0.2) is 0 Å². The fourth-order valence-electron chi connectivity index (χ4n) is 4.23. The largest absolute Gasteiger partial charge is 0.497 e. The number of fused-ring (bicyclic) bond motifs is 1. The zero-order valence-electron chi connectivity index (χ0n) is 18.6. The van der Waals surface area contributed by atoms with Crippen molar-refractivity contribution in [3.63, 3.8) is 0 Å². The second kappa shape index (κ2) is 10.6. The minimum atomic E-state index is -0.0803. The lowest BCUT2D eigenvalue weighted by molar-refractivity contribution is 0.0942. The third-order valence-corrected chi connectivity index (χ3v) is 7.45. The standard InChI is InChI=1S/C25H30ClN3O2S/c1-17-6-3-4-14-29(17)15-5-13-27-25(30)23-24(32-20-10-7-18(26)8-11-20)21-12-9-19(31-2)16-22(21)28-23/h7-12,16-17,28H,3-6,13-15H2,1-2H3,(H,27,30)/t17-/m0/s1. The van der Waals surface area contributed by atoms with Gasteiger partial charge in [-0.1, -0.05) is 29.8 Å². The van der Waals surface area contributed by atoms with Crippen molar-refractivity contribution < 1.29 is 9.53 Å². The number of ether oxygens (including phenoxy) is 1. The average Bonchev–Trinajstić information content (AvgIpc) is 3.16. The second-order valence-electron chi connectivity index (χ2n) is 8.29. The summed E-state index contributed by atoms with van der Waals surface area (Å²) in [5, 5.41) is 4.81. The normalized spacial score (nSPS) is 16.9. The summed E-state index contributed by atoms with van der Waals surface area (Å²) in [7, 11) is 1.64. The highest BCUT2D eigenvalue weighted by molar-refractivity contribution is 7.99. The second-order valence-corrected chi connectivity index (χ2v) is 9.81. The van der Waals surface area contributed by atoms with Crippen LogP contribution in [0.25, 0.3) is 10.9 Å². The Kier molecular flexibility index (Phi) is 7.66. The molecular weight excluding hydrogens is 442 g/mol. The van der Waals surface area contributed by atoms with Gasteiger partial charge in [0.05, 0.1) is 17.5 Å². The molecule has 1 aromatic heterocycles. The van der Waals surface area contributed by atoms with E-state index in [1.165, 1.54) is 25.8 Å². The summed E-state index contributed by atoms with van der Waals surface area (Å²) in [4.78, 5) is 20.9. The molecule has 0 saturated carbocycles. The van der Waals surface area contributed by atoms with E-state index in [1.54, 1.807) is 18.9 Å². The third-order valence-electron chi connectivity index (χ3n) is 6.07. The van der Waals surface area contributed by atoms with Gasteiger partial charge >= 0.3 is 0 Å². The molecule has 0 spiro atoms. The van der Waals surface area contributed by atoms with Crippen molar-refractivity contribution in [2.24, 2.45) is 0 Å². The topological polar surface area (TPSA) is 57.4 Å². The van der Waals surface area contributed by atoms with E-state index in [0.29, 0.717) is 23.3 Å². The van der Waals surface area contributed by atoms with Gasteiger partial charge in [-0.15, -0.1) is 0 Å². The number of H-pyrrole nitrogens is 1. The highest BCUT2D eigenvalue weighted by Crippen LogP contribution is 2.38. The van der Waals surface area contributed by atoms with Crippen LogP contribution in [-0.2, 0) is 0 Å². The molecule has 32 heavy (non-hydrogen) atoms. The molecule has 3 aromatic rings. The summed E-state index contributed by atoms with van der Waals surface area (Å²) in [6, 6.07) is 14.2. The van der Waals surface area contributed by atoms with Crippen LogP contribution in [0.5, 0.6) is 5.75 Å². The number of hydrogen-bond acceptors (Lipinski definition) is 4. The average molecular weight is 472 g/mol. The van der Waals surface area contributed by atoms with E-state index in [-0.39, 0.29) is 5.91 Å². The molecule has 1 saturated heterocycles. The first kappa shape index (κ1) is 23.0. The van der Waals surface area contributed by atoms with Crippen LogP contribution in [0.3, 0.4) is 0 Å². The molecule has 0 unspecified atom stereocenters. The van der Waals surface area contributed by atoms with E-state index in [0.717, 1.165) is 39.4 Å². The lowest BCUT2D eigenvalue weighted by atomic mass is 10.0. The number of nitrogens with one attached hydrogen (secondary N) is 2. The van der Waals surface area contributed by atoms with Crippen LogP contribution < -0.4 is 10.1 Å². The van der Waals surface area contributed by atoms with E-state index < -0.39 is 0 Å². The number of nitrogens with zero attached hydrogens (tertiary/aromatic N) is 1.